The van der Waals surface area contributed by atoms with Crippen molar-refractivity contribution < 1.29 is 27.8 Å². The molecule has 1 aliphatic rings. The van der Waals surface area contributed by atoms with E-state index >= 15 is 0 Å². The molecule has 0 aromatic heterocycles. The molecule has 0 amide bonds. The number of rotatable bonds is 4. The Kier molecular flexibility index (Phi) is 6.60. The molecule has 104 valence electrons. The first-order valence-electron chi connectivity index (χ1n) is 6.24. The Morgan fingerprint density at radius 3 is 2.17 bits per heavy atom. The van der Waals surface area contributed by atoms with Crippen molar-refractivity contribution in [1.29, 1.82) is 0 Å². The minimum absolute atomic E-state index is 0.178. The molecule has 1 saturated carbocycles. The summed E-state index contributed by atoms with van der Waals surface area (Å²) >= 11 is 0. The van der Waals surface area contributed by atoms with Crippen molar-refractivity contribution in [3.05, 3.63) is 0 Å². The largest absolute Gasteiger partial charge is 0.460 e. The zero-order valence-corrected chi connectivity index (χ0v) is 10.2. The summed E-state index contributed by atoms with van der Waals surface area (Å²) in [6.45, 7) is -0.736. The first-order chi connectivity index (χ1) is 8.59. The number of hydrogen-bond acceptors (Lipinski definition) is 4. The summed E-state index contributed by atoms with van der Waals surface area (Å²) in [6.07, 6.45) is 3.62. The molecule has 4 nitrogen and oxygen atoms in total. The molecule has 0 bridgehead atoms. The van der Waals surface area contributed by atoms with Crippen LogP contribution in [0.1, 0.15) is 44.9 Å². The van der Waals surface area contributed by atoms with E-state index in [1.807, 2.05) is 0 Å². The van der Waals surface area contributed by atoms with Crippen molar-refractivity contribution >= 4 is 11.9 Å². The van der Waals surface area contributed by atoms with Crippen LogP contribution in [0.2, 0.25) is 0 Å². The molecule has 0 atom stereocenters. The third-order valence-electron chi connectivity index (χ3n) is 2.86. The first-order valence-corrected chi connectivity index (χ1v) is 6.24. The molecular weight excluding hydrogens is 246 g/mol. The molecule has 1 rings (SSSR count). The highest BCUT2D eigenvalue weighted by Crippen LogP contribution is 2.19. The van der Waals surface area contributed by atoms with E-state index in [1.165, 1.54) is 6.42 Å². The smallest absolute Gasteiger partial charge is 0.374 e. The number of carbonyl (C=O) groups is 2. The van der Waals surface area contributed by atoms with Gasteiger partial charge < -0.3 is 9.47 Å². The van der Waals surface area contributed by atoms with E-state index in [1.54, 1.807) is 0 Å². The van der Waals surface area contributed by atoms with Crippen LogP contribution in [0.25, 0.3) is 0 Å². The maximum absolute atomic E-state index is 11.8. The highest BCUT2D eigenvalue weighted by molar-refractivity contribution is 5.78. The van der Waals surface area contributed by atoms with Crippen molar-refractivity contribution in [3.8, 4) is 0 Å². The Bertz CT molecular complexity index is 273. The standard InChI is InChI=1S/C12H18F2O4/c13-11(14)12(16)17-8-10(15)18-9-6-4-2-1-3-5-7-9/h9,11H,1-8H2. The summed E-state index contributed by atoms with van der Waals surface area (Å²) in [5, 5.41) is 0. The fourth-order valence-corrected chi connectivity index (χ4v) is 1.95. The van der Waals surface area contributed by atoms with Gasteiger partial charge in [0.05, 0.1) is 0 Å². The number of alkyl halides is 2. The summed E-state index contributed by atoms with van der Waals surface area (Å²) in [6, 6.07) is 0. The molecule has 0 saturated heterocycles. The van der Waals surface area contributed by atoms with Crippen molar-refractivity contribution in [3.63, 3.8) is 0 Å². The number of halogens is 2. The molecule has 18 heavy (non-hydrogen) atoms. The molecule has 0 aromatic carbocycles. The molecule has 0 spiro atoms. The second-order valence-electron chi connectivity index (χ2n) is 4.37. The van der Waals surface area contributed by atoms with Crippen LogP contribution in [-0.2, 0) is 19.1 Å². The van der Waals surface area contributed by atoms with Gasteiger partial charge in [-0.2, -0.15) is 8.78 Å². The molecule has 6 heteroatoms. The maximum Gasteiger partial charge on any atom is 0.374 e. The number of hydrogen-bond donors (Lipinski definition) is 0. The Morgan fingerprint density at radius 1 is 1.06 bits per heavy atom. The Labute approximate surface area is 105 Å². The van der Waals surface area contributed by atoms with Crippen LogP contribution in [-0.4, -0.2) is 31.1 Å². The van der Waals surface area contributed by atoms with Crippen LogP contribution in [0.5, 0.6) is 0 Å². The average molecular weight is 264 g/mol. The lowest BCUT2D eigenvalue weighted by Crippen LogP contribution is -2.25. The fraction of sp³-hybridized carbons (Fsp3) is 0.833. The number of carbonyl (C=O) groups excluding carboxylic acids is 2. The molecule has 0 unspecified atom stereocenters. The van der Waals surface area contributed by atoms with Crippen LogP contribution in [0.4, 0.5) is 8.78 Å². The maximum atomic E-state index is 11.8. The van der Waals surface area contributed by atoms with Gasteiger partial charge in [-0.05, 0) is 25.7 Å². The third kappa shape index (κ3) is 5.93. The van der Waals surface area contributed by atoms with Crippen molar-refractivity contribution in [1.82, 2.24) is 0 Å². The van der Waals surface area contributed by atoms with E-state index in [0.29, 0.717) is 0 Å². The summed E-state index contributed by atoms with van der Waals surface area (Å²) in [4.78, 5) is 21.8. The third-order valence-corrected chi connectivity index (χ3v) is 2.86. The lowest BCUT2D eigenvalue weighted by atomic mass is 9.99. The lowest BCUT2D eigenvalue weighted by Gasteiger charge is -2.20. The van der Waals surface area contributed by atoms with Gasteiger partial charge in [0.25, 0.3) is 0 Å². The summed E-state index contributed by atoms with van der Waals surface area (Å²) < 4.78 is 32.8. The minimum Gasteiger partial charge on any atom is -0.460 e. The van der Waals surface area contributed by atoms with Gasteiger partial charge in [-0.15, -0.1) is 0 Å². The highest BCUT2D eigenvalue weighted by Gasteiger charge is 2.20. The minimum atomic E-state index is -3.21. The zero-order chi connectivity index (χ0) is 13.4. The molecule has 0 aromatic rings. The molecule has 1 fully saturated rings. The molecule has 0 aliphatic heterocycles. The molecule has 0 N–H and O–H groups in total. The molecule has 0 radical (unpaired) electrons. The molecular formula is C12H18F2O4. The lowest BCUT2D eigenvalue weighted by molar-refractivity contribution is -0.168. The van der Waals surface area contributed by atoms with Gasteiger partial charge >= 0.3 is 18.4 Å². The Morgan fingerprint density at radius 2 is 1.61 bits per heavy atom. The molecule has 0 heterocycles. The van der Waals surface area contributed by atoms with Crippen molar-refractivity contribution in [2.24, 2.45) is 0 Å². The second kappa shape index (κ2) is 8.00. The van der Waals surface area contributed by atoms with Crippen LogP contribution >= 0.6 is 0 Å². The Balaban J connectivity index is 2.23. The van der Waals surface area contributed by atoms with Gasteiger partial charge in [0.1, 0.15) is 6.10 Å². The summed E-state index contributed by atoms with van der Waals surface area (Å²) in [5.74, 6) is -2.45. The zero-order valence-electron chi connectivity index (χ0n) is 10.2. The van der Waals surface area contributed by atoms with E-state index in [-0.39, 0.29) is 6.10 Å². The number of ether oxygens (including phenoxy) is 2. The quantitative estimate of drug-likeness (QED) is 0.732. The van der Waals surface area contributed by atoms with Crippen molar-refractivity contribution in [2.75, 3.05) is 6.61 Å². The van der Waals surface area contributed by atoms with Gasteiger partial charge in [0, 0.05) is 0 Å². The predicted octanol–water partition coefficient (Wildman–Crippen LogP) is 2.45. The van der Waals surface area contributed by atoms with E-state index in [2.05, 4.69) is 4.74 Å². The van der Waals surface area contributed by atoms with E-state index in [0.717, 1.165) is 38.5 Å². The second-order valence-corrected chi connectivity index (χ2v) is 4.37. The van der Waals surface area contributed by atoms with Gasteiger partial charge in [-0.1, -0.05) is 19.3 Å². The van der Waals surface area contributed by atoms with Gasteiger partial charge in [0.2, 0.25) is 0 Å². The highest BCUT2D eigenvalue weighted by atomic mass is 19.3. The first kappa shape index (κ1) is 14.9. The van der Waals surface area contributed by atoms with Crippen molar-refractivity contribution in [2.45, 2.75) is 57.5 Å². The monoisotopic (exact) mass is 264 g/mol. The fourth-order valence-electron chi connectivity index (χ4n) is 1.95. The topological polar surface area (TPSA) is 52.6 Å². The van der Waals surface area contributed by atoms with Gasteiger partial charge in [0.15, 0.2) is 6.61 Å². The number of esters is 2. The predicted molar refractivity (Wildman–Crippen MR) is 59.2 cm³/mol. The average Bonchev–Trinajstić information content (AvgIpc) is 2.29. The molecule has 1 aliphatic carbocycles. The SMILES string of the molecule is O=C(COC(=O)C(F)F)OC1CCCCCCC1. The van der Waals surface area contributed by atoms with E-state index in [9.17, 15) is 18.4 Å². The Hall–Kier alpha value is -1.20. The van der Waals surface area contributed by atoms with Crippen LogP contribution in [0, 0.1) is 0 Å². The van der Waals surface area contributed by atoms with Gasteiger partial charge in [-0.25, -0.2) is 9.59 Å². The van der Waals surface area contributed by atoms with Crippen LogP contribution in [0.3, 0.4) is 0 Å². The summed E-state index contributed by atoms with van der Waals surface area (Å²) in [5.41, 5.74) is 0. The van der Waals surface area contributed by atoms with Gasteiger partial charge in [-0.3, -0.25) is 0 Å². The normalized spacial score (nSPS) is 17.9. The van der Waals surface area contributed by atoms with Crippen LogP contribution in [0.15, 0.2) is 0 Å². The van der Waals surface area contributed by atoms with E-state index in [4.69, 9.17) is 4.74 Å². The summed E-state index contributed by atoms with van der Waals surface area (Å²) in [7, 11) is 0. The van der Waals surface area contributed by atoms with E-state index < -0.39 is 25.0 Å². The van der Waals surface area contributed by atoms with Crippen LogP contribution < -0.4 is 0 Å².